The number of carboxylic acid groups (broad SMARTS) is 1. The number of thioether (sulfide) groups is 1. The van der Waals surface area contributed by atoms with Crippen LogP contribution >= 0.6 is 35.0 Å². The number of hydrogen-bond acceptors (Lipinski definition) is 3. The molecule has 82 valence electrons. The first-order chi connectivity index (χ1) is 6.99. The van der Waals surface area contributed by atoms with Crippen LogP contribution in [0.4, 0.5) is 0 Å². The lowest BCUT2D eigenvalue weighted by molar-refractivity contribution is -0.136. The summed E-state index contributed by atoms with van der Waals surface area (Å²) in [7, 11) is 0. The molecule has 0 aliphatic heterocycles. The molecule has 1 aromatic heterocycles. The number of aromatic nitrogens is 1. The fourth-order valence-corrected chi connectivity index (χ4v) is 2.37. The molecule has 1 heterocycles. The third kappa shape index (κ3) is 4.28. The van der Waals surface area contributed by atoms with Crippen LogP contribution in [0, 0.1) is 0 Å². The predicted octanol–water partition coefficient (Wildman–Crippen LogP) is 3.34. The lowest BCUT2D eigenvalue weighted by Crippen LogP contribution is -2.05. The summed E-state index contributed by atoms with van der Waals surface area (Å²) >= 11 is 12.9. The Bertz CT molecular complexity index is 373. The number of carboxylic acids is 1. The van der Waals surface area contributed by atoms with Crippen LogP contribution in [0.25, 0.3) is 0 Å². The van der Waals surface area contributed by atoms with Gasteiger partial charge in [0.05, 0.1) is 16.5 Å². The largest absolute Gasteiger partial charge is 0.481 e. The summed E-state index contributed by atoms with van der Waals surface area (Å²) in [5, 5.41) is 10.0. The smallest absolute Gasteiger partial charge is 0.304 e. The Labute approximate surface area is 102 Å². The van der Waals surface area contributed by atoms with Crippen LogP contribution in [-0.4, -0.2) is 21.3 Å². The van der Waals surface area contributed by atoms with Crippen LogP contribution in [0.1, 0.15) is 13.3 Å². The number of aliphatic carboxylic acids is 1. The molecule has 0 aliphatic rings. The molecule has 0 saturated carbocycles. The van der Waals surface area contributed by atoms with E-state index in [9.17, 15) is 4.79 Å². The average Bonchev–Trinajstić information content (AvgIpc) is 2.08. The van der Waals surface area contributed by atoms with Crippen molar-refractivity contribution in [2.75, 3.05) is 0 Å². The first-order valence-electron chi connectivity index (χ1n) is 4.18. The maximum Gasteiger partial charge on any atom is 0.304 e. The van der Waals surface area contributed by atoms with Crippen molar-refractivity contribution in [1.82, 2.24) is 4.98 Å². The molecule has 6 heteroatoms. The Balaban J connectivity index is 2.68. The van der Waals surface area contributed by atoms with Gasteiger partial charge in [0.25, 0.3) is 0 Å². The lowest BCUT2D eigenvalue weighted by atomic mass is 10.3. The molecule has 0 amide bonds. The number of nitrogens with zero attached hydrogens (tertiary/aromatic N) is 1. The lowest BCUT2D eigenvalue weighted by Gasteiger charge is -2.08. The first-order valence-corrected chi connectivity index (χ1v) is 5.82. The quantitative estimate of drug-likeness (QED) is 0.849. The van der Waals surface area contributed by atoms with Gasteiger partial charge >= 0.3 is 5.97 Å². The molecular formula is C9H9Cl2NO2S. The molecule has 1 N–H and O–H groups in total. The molecule has 15 heavy (non-hydrogen) atoms. The zero-order valence-electron chi connectivity index (χ0n) is 7.91. The van der Waals surface area contributed by atoms with Crippen molar-refractivity contribution in [3.63, 3.8) is 0 Å². The van der Waals surface area contributed by atoms with Gasteiger partial charge in [0, 0.05) is 11.4 Å². The summed E-state index contributed by atoms with van der Waals surface area (Å²) in [6.07, 6.45) is 1.56. The highest BCUT2D eigenvalue weighted by Gasteiger charge is 2.12. The second-order valence-electron chi connectivity index (χ2n) is 2.97. The second kappa shape index (κ2) is 5.58. The monoisotopic (exact) mass is 265 g/mol. The molecule has 0 aliphatic carbocycles. The van der Waals surface area contributed by atoms with Crippen molar-refractivity contribution in [3.05, 3.63) is 22.3 Å². The minimum Gasteiger partial charge on any atom is -0.481 e. The molecule has 0 aromatic carbocycles. The van der Waals surface area contributed by atoms with Gasteiger partial charge in [-0.3, -0.25) is 4.79 Å². The standard InChI is InChI=1S/C9H9Cl2NO2S/c1-5(2-8(13)14)15-9-7(11)3-6(10)4-12-9/h3-5H,2H2,1H3,(H,13,14). The summed E-state index contributed by atoms with van der Waals surface area (Å²) in [4.78, 5) is 14.5. The number of pyridine rings is 1. The fraction of sp³-hybridized carbons (Fsp3) is 0.333. The highest BCUT2D eigenvalue weighted by molar-refractivity contribution is 8.00. The summed E-state index contributed by atoms with van der Waals surface area (Å²) in [6.45, 7) is 1.81. The van der Waals surface area contributed by atoms with Crippen molar-refractivity contribution >= 4 is 40.9 Å². The van der Waals surface area contributed by atoms with E-state index >= 15 is 0 Å². The van der Waals surface area contributed by atoms with Gasteiger partial charge in [-0.2, -0.15) is 0 Å². The summed E-state index contributed by atoms with van der Waals surface area (Å²) in [6, 6.07) is 1.59. The van der Waals surface area contributed by atoms with Crippen molar-refractivity contribution in [3.8, 4) is 0 Å². The van der Waals surface area contributed by atoms with Crippen LogP contribution in [0.15, 0.2) is 17.3 Å². The van der Waals surface area contributed by atoms with Gasteiger partial charge in [0.15, 0.2) is 0 Å². The van der Waals surface area contributed by atoms with Gasteiger partial charge in [-0.15, -0.1) is 11.8 Å². The summed E-state index contributed by atoms with van der Waals surface area (Å²) < 4.78 is 0. The Morgan fingerprint density at radius 1 is 1.67 bits per heavy atom. The van der Waals surface area contributed by atoms with Gasteiger partial charge < -0.3 is 5.11 Å². The van der Waals surface area contributed by atoms with E-state index in [0.29, 0.717) is 15.1 Å². The highest BCUT2D eigenvalue weighted by atomic mass is 35.5. The number of hydrogen-bond donors (Lipinski definition) is 1. The molecular weight excluding hydrogens is 257 g/mol. The number of halogens is 2. The fourth-order valence-electron chi connectivity index (χ4n) is 0.967. The molecule has 0 spiro atoms. The minimum atomic E-state index is -0.833. The van der Waals surface area contributed by atoms with E-state index in [1.807, 2.05) is 6.92 Å². The van der Waals surface area contributed by atoms with Crippen LogP contribution in [0.2, 0.25) is 10.0 Å². The van der Waals surface area contributed by atoms with Crippen molar-refractivity contribution < 1.29 is 9.90 Å². The predicted molar refractivity (Wildman–Crippen MR) is 61.8 cm³/mol. The molecule has 0 saturated heterocycles. The van der Waals surface area contributed by atoms with E-state index in [1.54, 1.807) is 6.07 Å². The molecule has 1 atom stereocenters. The van der Waals surface area contributed by atoms with Crippen molar-refractivity contribution in [1.29, 1.82) is 0 Å². The second-order valence-corrected chi connectivity index (χ2v) is 5.24. The van der Waals surface area contributed by atoms with E-state index in [-0.39, 0.29) is 11.7 Å². The Kier molecular flexibility index (Phi) is 4.70. The molecule has 0 radical (unpaired) electrons. The van der Waals surface area contributed by atoms with E-state index in [0.717, 1.165) is 0 Å². The third-order valence-electron chi connectivity index (χ3n) is 1.55. The molecule has 1 rings (SSSR count). The van der Waals surface area contributed by atoms with Gasteiger partial charge in [-0.25, -0.2) is 4.98 Å². The Hall–Kier alpha value is -0.450. The topological polar surface area (TPSA) is 50.2 Å². The maximum absolute atomic E-state index is 10.5. The molecule has 3 nitrogen and oxygen atoms in total. The SMILES string of the molecule is CC(CC(=O)O)Sc1ncc(Cl)cc1Cl. The minimum absolute atomic E-state index is 0.0747. The normalized spacial score (nSPS) is 12.5. The van der Waals surface area contributed by atoms with Crippen LogP contribution < -0.4 is 0 Å². The Morgan fingerprint density at radius 2 is 2.33 bits per heavy atom. The summed E-state index contributed by atoms with van der Waals surface area (Å²) in [5.41, 5.74) is 0. The van der Waals surface area contributed by atoms with Gasteiger partial charge in [0.1, 0.15) is 5.03 Å². The van der Waals surface area contributed by atoms with Crippen LogP contribution in [0.3, 0.4) is 0 Å². The highest BCUT2D eigenvalue weighted by Crippen LogP contribution is 2.30. The van der Waals surface area contributed by atoms with E-state index in [2.05, 4.69) is 4.98 Å². The van der Waals surface area contributed by atoms with Crippen molar-refractivity contribution in [2.45, 2.75) is 23.6 Å². The van der Waals surface area contributed by atoms with E-state index in [4.69, 9.17) is 28.3 Å². The Morgan fingerprint density at radius 3 is 2.87 bits per heavy atom. The van der Waals surface area contributed by atoms with E-state index in [1.165, 1.54) is 18.0 Å². The van der Waals surface area contributed by atoms with E-state index < -0.39 is 5.97 Å². The molecule has 0 bridgehead atoms. The molecule has 1 aromatic rings. The molecule has 1 unspecified atom stereocenters. The summed E-state index contributed by atoms with van der Waals surface area (Å²) in [5.74, 6) is -0.833. The number of carbonyl (C=O) groups is 1. The first kappa shape index (κ1) is 12.6. The van der Waals surface area contributed by atoms with Gasteiger partial charge in [0.2, 0.25) is 0 Å². The van der Waals surface area contributed by atoms with Gasteiger partial charge in [-0.1, -0.05) is 30.1 Å². The molecule has 0 fully saturated rings. The third-order valence-corrected chi connectivity index (χ3v) is 3.27. The zero-order valence-corrected chi connectivity index (χ0v) is 10.2. The van der Waals surface area contributed by atoms with Gasteiger partial charge in [-0.05, 0) is 6.07 Å². The van der Waals surface area contributed by atoms with Crippen LogP contribution in [-0.2, 0) is 4.79 Å². The maximum atomic E-state index is 10.5. The zero-order chi connectivity index (χ0) is 11.4. The van der Waals surface area contributed by atoms with Crippen LogP contribution in [0.5, 0.6) is 0 Å². The number of rotatable bonds is 4. The van der Waals surface area contributed by atoms with Crippen molar-refractivity contribution in [2.24, 2.45) is 0 Å². The average molecular weight is 266 g/mol.